The molecule has 10 nitrogen and oxygen atoms in total. The number of hydrogen-bond donors (Lipinski definition) is 2. The van der Waals surface area contributed by atoms with Crippen LogP contribution in [0.3, 0.4) is 0 Å². The van der Waals surface area contributed by atoms with Crippen molar-refractivity contribution < 1.29 is 58.6 Å². The summed E-state index contributed by atoms with van der Waals surface area (Å²) in [7, 11) is 1.22. The molecule has 0 spiro atoms. The Bertz CT molecular complexity index is 1440. The molecule has 1 aliphatic heterocycles. The standard InChI is InChI=1S/C29H33F9N6O4/c1-4-19-12-23(21-13-20(48-29(36,37)38)7-6-8-22(21)44(19)24(45)14-25(46)47-5-2)43(26(39)41-42(3)40)15-16-9-17(27(30,31)32)11-18(10-16)28(33,34)35/h6-11,13,19,22-23H,4-5,12,14-15,40H2,1-3H3,(H2,39,41)/t19-,22?,23+/m1/s1. The maximum absolute atomic E-state index is 13.7. The van der Waals surface area contributed by atoms with E-state index in [4.69, 9.17) is 16.3 Å². The summed E-state index contributed by atoms with van der Waals surface area (Å²) in [4.78, 5) is 28.0. The van der Waals surface area contributed by atoms with Crippen molar-refractivity contribution in [3.63, 3.8) is 0 Å². The number of rotatable bonds is 9. The van der Waals surface area contributed by atoms with Crippen LogP contribution in [0.5, 0.6) is 0 Å². The number of halogens is 9. The number of nitrogens with zero attached hydrogens (tertiary/aromatic N) is 4. The third-order valence-corrected chi connectivity index (χ3v) is 7.30. The first-order chi connectivity index (χ1) is 22.1. The zero-order chi connectivity index (χ0) is 36.2. The van der Waals surface area contributed by atoms with Gasteiger partial charge in [0.25, 0.3) is 0 Å². The molecule has 0 aromatic heterocycles. The molecule has 1 heterocycles. The van der Waals surface area contributed by atoms with Gasteiger partial charge in [-0.2, -0.15) is 26.3 Å². The summed E-state index contributed by atoms with van der Waals surface area (Å²) in [5.41, 5.74) is 2.46. The molecule has 3 rings (SSSR count). The molecule has 1 saturated heterocycles. The van der Waals surface area contributed by atoms with Crippen LogP contribution < -0.4 is 11.6 Å². The highest BCUT2D eigenvalue weighted by Gasteiger charge is 2.45. The third-order valence-electron chi connectivity index (χ3n) is 7.30. The van der Waals surface area contributed by atoms with Crippen LogP contribution >= 0.6 is 0 Å². The molecule has 48 heavy (non-hydrogen) atoms. The number of ether oxygens (including phenoxy) is 2. The van der Waals surface area contributed by atoms with E-state index in [-0.39, 0.29) is 31.1 Å². The molecular formula is C29H33F9N6O4. The highest BCUT2D eigenvalue weighted by Crippen LogP contribution is 2.40. The lowest BCUT2D eigenvalue weighted by atomic mass is 9.83. The Kier molecular flexibility index (Phi) is 11.7. The summed E-state index contributed by atoms with van der Waals surface area (Å²) in [6.07, 6.45) is -11.8. The van der Waals surface area contributed by atoms with Crippen LogP contribution in [0.15, 0.2) is 58.9 Å². The van der Waals surface area contributed by atoms with Crippen molar-refractivity contribution in [1.29, 1.82) is 0 Å². The summed E-state index contributed by atoms with van der Waals surface area (Å²) in [6, 6.07) is -2.25. The van der Waals surface area contributed by atoms with E-state index in [9.17, 15) is 49.1 Å². The number of nitrogens with two attached hydrogens (primary N) is 2. The number of guanidine groups is 1. The minimum atomic E-state index is -5.18. The number of allylic oxidation sites excluding steroid dienone is 3. The van der Waals surface area contributed by atoms with Crippen LogP contribution in [0.25, 0.3) is 0 Å². The molecular weight excluding hydrogens is 667 g/mol. The number of hydrazone groups is 1. The average Bonchev–Trinajstić information content (AvgIpc) is 3.14. The van der Waals surface area contributed by atoms with Crippen LogP contribution in [0.4, 0.5) is 39.5 Å². The van der Waals surface area contributed by atoms with Gasteiger partial charge in [0.05, 0.1) is 29.8 Å². The summed E-state index contributed by atoms with van der Waals surface area (Å²) in [6.45, 7) is 2.39. The Morgan fingerprint density at radius 2 is 1.62 bits per heavy atom. The fraction of sp³-hybridized carbons (Fsp3) is 0.483. The number of amides is 1. The van der Waals surface area contributed by atoms with Gasteiger partial charge in [-0.05, 0) is 61.3 Å². The quantitative estimate of drug-likeness (QED) is 0.0687. The Labute approximate surface area is 269 Å². The number of hydrazine groups is 1. The average molecular weight is 701 g/mol. The van der Waals surface area contributed by atoms with E-state index in [0.29, 0.717) is 17.3 Å². The lowest BCUT2D eigenvalue weighted by Gasteiger charge is -2.49. The minimum absolute atomic E-state index is 0.0259. The number of carbonyl (C=O) groups is 2. The topological polar surface area (TPSA) is 127 Å². The molecule has 1 aromatic rings. The molecule has 0 radical (unpaired) electrons. The SMILES string of the molecule is CCOC(=O)CC(=O)N1C2C=CC=C(OC(F)(F)F)C=C2[C@@H](N(Cc2cc(C(F)(F)F)cc(C(F)(F)F)c2)/C(N)=N/N(C)N)C[C@H]1CC. The van der Waals surface area contributed by atoms with Gasteiger partial charge in [-0.15, -0.1) is 18.3 Å². The number of esters is 1. The van der Waals surface area contributed by atoms with Crippen molar-refractivity contribution in [1.82, 2.24) is 14.9 Å². The number of benzene rings is 1. The Hall–Kier alpha value is -4.42. The van der Waals surface area contributed by atoms with Crippen molar-refractivity contribution in [2.45, 2.75) is 76.5 Å². The van der Waals surface area contributed by atoms with Gasteiger partial charge in [0.1, 0.15) is 12.2 Å². The van der Waals surface area contributed by atoms with Gasteiger partial charge >= 0.3 is 24.7 Å². The van der Waals surface area contributed by atoms with Crippen LogP contribution in [0.2, 0.25) is 0 Å². The minimum Gasteiger partial charge on any atom is -0.466 e. The van der Waals surface area contributed by atoms with E-state index in [1.165, 1.54) is 31.0 Å². The highest BCUT2D eigenvalue weighted by molar-refractivity contribution is 5.95. The van der Waals surface area contributed by atoms with Gasteiger partial charge in [0, 0.05) is 19.6 Å². The van der Waals surface area contributed by atoms with Crippen molar-refractivity contribution in [3.8, 4) is 0 Å². The van der Waals surface area contributed by atoms with E-state index < -0.39 is 90.1 Å². The Balaban J connectivity index is 2.25. The van der Waals surface area contributed by atoms with E-state index >= 15 is 0 Å². The number of carbonyl (C=O) groups excluding carboxylic acids is 2. The molecule has 1 aromatic carbocycles. The summed E-state index contributed by atoms with van der Waals surface area (Å²) in [5.74, 6) is 2.73. The molecule has 266 valence electrons. The molecule has 1 amide bonds. The molecule has 0 saturated carbocycles. The van der Waals surface area contributed by atoms with Gasteiger partial charge in [0.15, 0.2) is 0 Å². The predicted octanol–water partition coefficient (Wildman–Crippen LogP) is 5.18. The first kappa shape index (κ1) is 38.0. The van der Waals surface area contributed by atoms with Crippen molar-refractivity contribution >= 4 is 17.8 Å². The zero-order valence-corrected chi connectivity index (χ0v) is 25.8. The second kappa shape index (κ2) is 14.8. The van der Waals surface area contributed by atoms with E-state index in [0.717, 1.165) is 17.1 Å². The van der Waals surface area contributed by atoms with Gasteiger partial charge in [0.2, 0.25) is 11.9 Å². The fourth-order valence-corrected chi connectivity index (χ4v) is 5.48. The van der Waals surface area contributed by atoms with E-state index in [1.54, 1.807) is 6.92 Å². The summed E-state index contributed by atoms with van der Waals surface area (Å²) in [5, 5.41) is 4.58. The zero-order valence-electron chi connectivity index (χ0n) is 25.8. The Morgan fingerprint density at radius 3 is 2.12 bits per heavy atom. The predicted molar refractivity (Wildman–Crippen MR) is 152 cm³/mol. The normalized spacial score (nSPS) is 20.3. The smallest absolute Gasteiger partial charge is 0.466 e. The van der Waals surface area contributed by atoms with Crippen molar-refractivity contribution in [2.24, 2.45) is 16.7 Å². The van der Waals surface area contributed by atoms with Crippen LogP contribution in [0.1, 0.15) is 49.8 Å². The molecule has 2 aliphatic rings. The number of fused-ring (bicyclic) bond motifs is 1. The number of likely N-dealkylation sites (tertiary alicyclic amines) is 1. The monoisotopic (exact) mass is 700 g/mol. The highest BCUT2D eigenvalue weighted by atomic mass is 19.4. The lowest BCUT2D eigenvalue weighted by Crippen LogP contribution is -2.59. The van der Waals surface area contributed by atoms with Crippen molar-refractivity contribution in [2.75, 3.05) is 13.7 Å². The molecule has 3 atom stereocenters. The molecule has 1 aliphatic carbocycles. The van der Waals surface area contributed by atoms with E-state index in [1.807, 2.05) is 0 Å². The molecule has 1 fully saturated rings. The number of alkyl halides is 9. The van der Waals surface area contributed by atoms with Crippen LogP contribution in [-0.4, -0.2) is 70.9 Å². The number of hydrogen-bond acceptors (Lipinski definition) is 7. The first-order valence-electron chi connectivity index (χ1n) is 14.3. The first-order valence-corrected chi connectivity index (χ1v) is 14.3. The second-order valence-electron chi connectivity index (χ2n) is 10.8. The fourth-order valence-electron chi connectivity index (χ4n) is 5.48. The molecule has 4 N–H and O–H groups in total. The largest absolute Gasteiger partial charge is 0.573 e. The van der Waals surface area contributed by atoms with Crippen LogP contribution in [-0.2, 0) is 38.0 Å². The second-order valence-corrected chi connectivity index (χ2v) is 10.8. The summed E-state index contributed by atoms with van der Waals surface area (Å²) >= 11 is 0. The molecule has 0 bridgehead atoms. The van der Waals surface area contributed by atoms with Crippen LogP contribution in [0, 0.1) is 0 Å². The lowest BCUT2D eigenvalue weighted by molar-refractivity contribution is -0.303. The van der Waals surface area contributed by atoms with Gasteiger partial charge < -0.3 is 25.0 Å². The third kappa shape index (κ3) is 9.80. The van der Waals surface area contributed by atoms with Gasteiger partial charge in [-0.3, -0.25) is 9.59 Å². The number of piperidine rings is 1. The van der Waals surface area contributed by atoms with Crippen molar-refractivity contribution in [3.05, 3.63) is 70.5 Å². The van der Waals surface area contributed by atoms with Gasteiger partial charge in [-0.1, -0.05) is 19.1 Å². The molecule has 1 unspecified atom stereocenters. The maximum atomic E-state index is 13.7. The van der Waals surface area contributed by atoms with E-state index in [2.05, 4.69) is 9.84 Å². The van der Waals surface area contributed by atoms with Gasteiger partial charge in [-0.25, -0.2) is 11.0 Å². The maximum Gasteiger partial charge on any atom is 0.573 e. The summed E-state index contributed by atoms with van der Waals surface area (Å²) < 4.78 is 131. The molecule has 19 heteroatoms. The Morgan fingerprint density at radius 1 is 1.02 bits per heavy atom.